The lowest BCUT2D eigenvalue weighted by atomic mass is 10.2. The molecule has 0 radical (unpaired) electrons. The molecule has 0 aliphatic carbocycles. The maximum Gasteiger partial charge on any atom is 0.419 e. The molecule has 0 bridgehead atoms. The maximum absolute atomic E-state index is 12.6. The highest BCUT2D eigenvalue weighted by molar-refractivity contribution is 9.10. The van der Waals surface area contributed by atoms with Gasteiger partial charge in [0, 0.05) is 24.3 Å². The minimum atomic E-state index is -4.42. The summed E-state index contributed by atoms with van der Waals surface area (Å²) in [5.41, 5.74) is -0.794. The predicted octanol–water partition coefficient (Wildman–Crippen LogP) is 2.92. The molecule has 1 rings (SSSR count). The Hall–Kier alpha value is -0.820. The minimum Gasteiger partial charge on any atom is -0.383 e. The van der Waals surface area contributed by atoms with Gasteiger partial charge in [0.2, 0.25) is 0 Å². The van der Waals surface area contributed by atoms with E-state index < -0.39 is 11.7 Å². The number of nitrogens with zero attached hydrogens (tertiary/aromatic N) is 1. The molecule has 16 heavy (non-hydrogen) atoms. The molecule has 7 heteroatoms. The minimum absolute atomic E-state index is 0.187. The van der Waals surface area contributed by atoms with Crippen molar-refractivity contribution in [2.75, 3.05) is 25.6 Å². The Morgan fingerprint density at radius 3 is 2.75 bits per heavy atom. The van der Waals surface area contributed by atoms with Gasteiger partial charge in [0.1, 0.15) is 5.82 Å². The van der Waals surface area contributed by atoms with Crippen LogP contribution in [0.4, 0.5) is 19.0 Å². The molecule has 0 spiro atoms. The van der Waals surface area contributed by atoms with Crippen molar-refractivity contribution in [3.8, 4) is 0 Å². The molecule has 0 aliphatic rings. The van der Waals surface area contributed by atoms with Crippen LogP contribution < -0.4 is 5.32 Å². The van der Waals surface area contributed by atoms with Crippen LogP contribution in [-0.2, 0) is 10.9 Å². The normalized spacial score (nSPS) is 11.6. The number of hydrogen-bond acceptors (Lipinski definition) is 3. The number of methoxy groups -OCH3 is 1. The van der Waals surface area contributed by atoms with Crippen LogP contribution in [0, 0.1) is 0 Å². The van der Waals surface area contributed by atoms with E-state index in [4.69, 9.17) is 4.74 Å². The number of anilines is 1. The third kappa shape index (κ3) is 3.64. The van der Waals surface area contributed by atoms with Crippen LogP contribution >= 0.6 is 15.9 Å². The Kier molecular flexibility index (Phi) is 4.55. The lowest BCUT2D eigenvalue weighted by Crippen LogP contribution is -2.15. The molecule has 0 aliphatic heterocycles. The smallest absolute Gasteiger partial charge is 0.383 e. The highest BCUT2D eigenvalue weighted by Gasteiger charge is 2.34. The maximum atomic E-state index is 12.6. The Balaban J connectivity index is 2.90. The number of hydrogen-bond donors (Lipinski definition) is 1. The van der Waals surface area contributed by atoms with Crippen molar-refractivity contribution in [3.63, 3.8) is 0 Å². The molecular formula is C9H10BrF3N2O. The van der Waals surface area contributed by atoms with E-state index in [0.717, 1.165) is 6.07 Å². The fraction of sp³-hybridized carbons (Fsp3) is 0.444. The van der Waals surface area contributed by atoms with Crippen LogP contribution in [0.15, 0.2) is 16.7 Å². The average Bonchev–Trinajstić information content (AvgIpc) is 2.19. The molecule has 1 N–H and O–H groups in total. The zero-order chi connectivity index (χ0) is 12.2. The Labute approximate surface area is 99.1 Å². The Bertz CT molecular complexity index is 357. The van der Waals surface area contributed by atoms with Crippen molar-refractivity contribution in [3.05, 3.63) is 22.3 Å². The molecule has 1 aromatic heterocycles. The van der Waals surface area contributed by atoms with Gasteiger partial charge in [-0.2, -0.15) is 13.2 Å². The van der Waals surface area contributed by atoms with Gasteiger partial charge in [-0.1, -0.05) is 0 Å². The highest BCUT2D eigenvalue weighted by atomic mass is 79.9. The molecule has 90 valence electrons. The Morgan fingerprint density at radius 1 is 1.50 bits per heavy atom. The molecule has 0 atom stereocenters. The van der Waals surface area contributed by atoms with Gasteiger partial charge in [-0.15, -0.1) is 0 Å². The standard InChI is InChI=1S/C9H10BrF3N2O/c1-16-3-2-14-8-7(9(11,12)13)4-6(10)5-15-8/h4-5H,2-3H2,1H3,(H,14,15). The van der Waals surface area contributed by atoms with E-state index in [0.29, 0.717) is 6.61 Å². The number of ether oxygens (including phenoxy) is 1. The first-order valence-corrected chi connectivity index (χ1v) is 5.20. The lowest BCUT2D eigenvalue weighted by Gasteiger charge is -2.13. The molecule has 0 saturated heterocycles. The summed E-state index contributed by atoms with van der Waals surface area (Å²) in [5.74, 6) is -0.187. The van der Waals surface area contributed by atoms with Crippen molar-refractivity contribution in [2.45, 2.75) is 6.18 Å². The Morgan fingerprint density at radius 2 is 2.19 bits per heavy atom. The van der Waals surface area contributed by atoms with Gasteiger partial charge in [0.25, 0.3) is 0 Å². The van der Waals surface area contributed by atoms with Crippen molar-refractivity contribution in [1.29, 1.82) is 0 Å². The summed E-state index contributed by atoms with van der Waals surface area (Å²) >= 11 is 2.96. The zero-order valence-corrected chi connectivity index (χ0v) is 10.0. The zero-order valence-electron chi connectivity index (χ0n) is 8.44. The van der Waals surface area contributed by atoms with Crippen molar-refractivity contribution < 1.29 is 17.9 Å². The average molecular weight is 299 g/mol. The first-order chi connectivity index (χ1) is 7.45. The summed E-state index contributed by atoms with van der Waals surface area (Å²) in [6, 6.07) is 0.988. The topological polar surface area (TPSA) is 34.1 Å². The fourth-order valence-electron chi connectivity index (χ4n) is 1.07. The summed E-state index contributed by atoms with van der Waals surface area (Å²) < 4.78 is 42.8. The van der Waals surface area contributed by atoms with E-state index in [2.05, 4.69) is 26.2 Å². The van der Waals surface area contributed by atoms with Gasteiger partial charge in [0.15, 0.2) is 0 Å². The van der Waals surface area contributed by atoms with E-state index >= 15 is 0 Å². The number of rotatable bonds is 4. The largest absolute Gasteiger partial charge is 0.419 e. The lowest BCUT2D eigenvalue weighted by molar-refractivity contribution is -0.137. The molecule has 0 saturated carbocycles. The molecular weight excluding hydrogens is 289 g/mol. The van der Waals surface area contributed by atoms with Crippen LogP contribution in [-0.4, -0.2) is 25.2 Å². The van der Waals surface area contributed by atoms with Gasteiger partial charge in [-0.3, -0.25) is 0 Å². The molecule has 1 heterocycles. The second-order valence-corrected chi connectivity index (χ2v) is 3.88. The van der Waals surface area contributed by atoms with E-state index in [1.165, 1.54) is 13.3 Å². The van der Waals surface area contributed by atoms with Gasteiger partial charge < -0.3 is 10.1 Å². The van der Waals surface area contributed by atoms with Gasteiger partial charge in [-0.25, -0.2) is 4.98 Å². The van der Waals surface area contributed by atoms with Crippen LogP contribution in [0.25, 0.3) is 0 Å². The number of nitrogens with one attached hydrogen (secondary N) is 1. The third-order valence-corrected chi connectivity index (χ3v) is 2.19. The third-order valence-electron chi connectivity index (χ3n) is 1.76. The van der Waals surface area contributed by atoms with Crippen molar-refractivity contribution >= 4 is 21.7 Å². The summed E-state index contributed by atoms with van der Waals surface area (Å²) in [6.07, 6.45) is -3.11. The van der Waals surface area contributed by atoms with E-state index in [9.17, 15) is 13.2 Å². The second-order valence-electron chi connectivity index (χ2n) is 2.97. The summed E-state index contributed by atoms with van der Waals surface area (Å²) in [4.78, 5) is 3.68. The van der Waals surface area contributed by atoms with E-state index in [1.807, 2.05) is 0 Å². The van der Waals surface area contributed by atoms with E-state index in [1.54, 1.807) is 0 Å². The van der Waals surface area contributed by atoms with Crippen LogP contribution in [0.5, 0.6) is 0 Å². The first-order valence-electron chi connectivity index (χ1n) is 4.40. The van der Waals surface area contributed by atoms with E-state index in [-0.39, 0.29) is 16.8 Å². The van der Waals surface area contributed by atoms with Crippen molar-refractivity contribution in [2.24, 2.45) is 0 Å². The SMILES string of the molecule is COCCNc1ncc(Br)cc1C(F)(F)F. The summed E-state index contributed by atoms with van der Waals surface area (Å²) in [5, 5.41) is 2.57. The van der Waals surface area contributed by atoms with Gasteiger partial charge >= 0.3 is 6.18 Å². The number of pyridine rings is 1. The van der Waals surface area contributed by atoms with Gasteiger partial charge in [0.05, 0.1) is 12.2 Å². The summed E-state index contributed by atoms with van der Waals surface area (Å²) in [7, 11) is 1.47. The number of alkyl halides is 3. The quantitative estimate of drug-likeness (QED) is 0.868. The number of halogens is 4. The molecule has 3 nitrogen and oxygen atoms in total. The molecule has 0 amide bonds. The summed E-state index contributed by atoms with van der Waals surface area (Å²) in [6.45, 7) is 0.587. The van der Waals surface area contributed by atoms with Gasteiger partial charge in [-0.05, 0) is 22.0 Å². The predicted molar refractivity (Wildman–Crippen MR) is 57.3 cm³/mol. The highest BCUT2D eigenvalue weighted by Crippen LogP contribution is 2.35. The van der Waals surface area contributed by atoms with Crippen molar-refractivity contribution in [1.82, 2.24) is 4.98 Å². The van der Waals surface area contributed by atoms with Crippen LogP contribution in [0.3, 0.4) is 0 Å². The molecule has 0 aromatic carbocycles. The van der Waals surface area contributed by atoms with Crippen LogP contribution in [0.2, 0.25) is 0 Å². The monoisotopic (exact) mass is 298 g/mol. The number of aromatic nitrogens is 1. The second kappa shape index (κ2) is 5.49. The molecule has 0 fully saturated rings. The first kappa shape index (κ1) is 13.2. The molecule has 1 aromatic rings. The van der Waals surface area contributed by atoms with Crippen LogP contribution in [0.1, 0.15) is 5.56 Å². The molecule has 0 unspecified atom stereocenters. The fourth-order valence-corrected chi connectivity index (χ4v) is 1.40.